The Kier molecular flexibility index (Phi) is 3.53. The van der Waals surface area contributed by atoms with Crippen molar-refractivity contribution in [2.45, 2.75) is 18.9 Å². The van der Waals surface area contributed by atoms with Crippen LogP contribution in [0.15, 0.2) is 24.3 Å². The lowest BCUT2D eigenvalue weighted by Crippen LogP contribution is -2.43. The molecule has 0 amide bonds. The third-order valence-corrected chi connectivity index (χ3v) is 3.57. The number of H-pyrrole nitrogens is 1. The summed E-state index contributed by atoms with van der Waals surface area (Å²) >= 11 is 0. The summed E-state index contributed by atoms with van der Waals surface area (Å²) < 4.78 is 0. The van der Waals surface area contributed by atoms with E-state index in [1.165, 1.54) is 12.1 Å². The van der Waals surface area contributed by atoms with Crippen LogP contribution >= 0.6 is 0 Å². The van der Waals surface area contributed by atoms with Crippen LogP contribution in [0.4, 0.5) is 11.6 Å². The lowest BCUT2D eigenvalue weighted by atomic mass is 10.1. The van der Waals surface area contributed by atoms with Crippen LogP contribution in [0.5, 0.6) is 0 Å². The molecule has 3 N–H and O–H groups in total. The predicted octanol–water partition coefficient (Wildman–Crippen LogP) is 1.31. The highest BCUT2D eigenvalue weighted by Gasteiger charge is 2.20. The van der Waals surface area contributed by atoms with Gasteiger partial charge >= 0.3 is 0 Å². The van der Waals surface area contributed by atoms with Gasteiger partial charge in [0.2, 0.25) is 5.95 Å². The Morgan fingerprint density at radius 1 is 1.38 bits per heavy atom. The van der Waals surface area contributed by atoms with Crippen molar-refractivity contribution in [2.75, 3.05) is 18.0 Å². The van der Waals surface area contributed by atoms with Crippen molar-refractivity contribution >= 4 is 11.6 Å². The number of nitrogens with two attached hydrogens (primary N) is 1. The fraction of sp³-hybridized carbons (Fsp3) is 0.385. The maximum Gasteiger partial charge on any atom is 0.269 e. The number of aromatic nitrogens is 3. The summed E-state index contributed by atoms with van der Waals surface area (Å²) in [5.41, 5.74) is 6.77. The minimum atomic E-state index is -0.426. The van der Waals surface area contributed by atoms with E-state index in [4.69, 9.17) is 5.73 Å². The van der Waals surface area contributed by atoms with E-state index in [0.29, 0.717) is 11.8 Å². The van der Waals surface area contributed by atoms with Gasteiger partial charge < -0.3 is 10.6 Å². The zero-order valence-electron chi connectivity index (χ0n) is 11.4. The van der Waals surface area contributed by atoms with Gasteiger partial charge in [0, 0.05) is 36.8 Å². The van der Waals surface area contributed by atoms with Crippen LogP contribution in [-0.2, 0) is 0 Å². The van der Waals surface area contributed by atoms with Crippen LogP contribution in [0, 0.1) is 10.1 Å². The molecule has 1 aromatic carbocycles. The van der Waals surface area contributed by atoms with Crippen LogP contribution in [0.25, 0.3) is 11.4 Å². The van der Waals surface area contributed by atoms with Gasteiger partial charge in [-0.2, -0.15) is 4.98 Å². The van der Waals surface area contributed by atoms with Gasteiger partial charge in [-0.1, -0.05) is 0 Å². The molecular weight excluding hydrogens is 272 g/mol. The Bertz CT molecular complexity index is 638. The van der Waals surface area contributed by atoms with Crippen LogP contribution in [-0.4, -0.2) is 39.2 Å². The van der Waals surface area contributed by atoms with Gasteiger partial charge in [-0.15, -0.1) is 5.10 Å². The number of rotatable bonds is 3. The minimum absolute atomic E-state index is 0.0560. The summed E-state index contributed by atoms with van der Waals surface area (Å²) in [4.78, 5) is 16.7. The maximum absolute atomic E-state index is 10.6. The van der Waals surface area contributed by atoms with E-state index < -0.39 is 4.92 Å². The second kappa shape index (κ2) is 5.49. The fourth-order valence-electron chi connectivity index (χ4n) is 2.46. The van der Waals surface area contributed by atoms with E-state index in [-0.39, 0.29) is 11.7 Å². The first kappa shape index (κ1) is 13.5. The summed E-state index contributed by atoms with van der Waals surface area (Å²) in [6.45, 7) is 1.64. The van der Waals surface area contributed by atoms with Crippen LogP contribution < -0.4 is 10.6 Å². The largest absolute Gasteiger partial charge is 0.338 e. The van der Waals surface area contributed by atoms with Crippen molar-refractivity contribution in [3.05, 3.63) is 34.4 Å². The summed E-state index contributed by atoms with van der Waals surface area (Å²) in [6, 6.07) is 6.37. The summed E-state index contributed by atoms with van der Waals surface area (Å²) in [7, 11) is 0. The Hall–Kier alpha value is -2.48. The third-order valence-electron chi connectivity index (χ3n) is 3.57. The third kappa shape index (κ3) is 2.84. The molecule has 0 bridgehead atoms. The topological polar surface area (TPSA) is 114 Å². The zero-order chi connectivity index (χ0) is 14.8. The normalized spacial score (nSPS) is 18.7. The zero-order valence-corrected chi connectivity index (χ0v) is 11.4. The van der Waals surface area contributed by atoms with Crippen LogP contribution in [0.2, 0.25) is 0 Å². The highest BCUT2D eigenvalue weighted by Crippen LogP contribution is 2.22. The molecule has 1 unspecified atom stereocenters. The monoisotopic (exact) mass is 288 g/mol. The molecule has 1 saturated heterocycles. The first-order chi connectivity index (χ1) is 10.1. The molecule has 1 aliphatic heterocycles. The van der Waals surface area contributed by atoms with Gasteiger partial charge in [0.05, 0.1) is 4.92 Å². The maximum atomic E-state index is 10.6. The average Bonchev–Trinajstić information content (AvgIpc) is 2.97. The van der Waals surface area contributed by atoms with Crippen molar-refractivity contribution in [3.63, 3.8) is 0 Å². The van der Waals surface area contributed by atoms with Crippen molar-refractivity contribution < 1.29 is 4.92 Å². The van der Waals surface area contributed by atoms with E-state index in [1.54, 1.807) is 12.1 Å². The van der Waals surface area contributed by atoms with Crippen LogP contribution in [0.1, 0.15) is 12.8 Å². The highest BCUT2D eigenvalue weighted by atomic mass is 16.6. The molecule has 1 aliphatic rings. The van der Waals surface area contributed by atoms with Gasteiger partial charge in [0.25, 0.3) is 5.69 Å². The van der Waals surface area contributed by atoms with Crippen molar-refractivity contribution in [2.24, 2.45) is 5.73 Å². The number of anilines is 1. The van der Waals surface area contributed by atoms with Gasteiger partial charge in [-0.3, -0.25) is 15.2 Å². The molecule has 0 aliphatic carbocycles. The highest BCUT2D eigenvalue weighted by molar-refractivity contribution is 5.58. The van der Waals surface area contributed by atoms with Gasteiger partial charge in [0.1, 0.15) is 0 Å². The molecule has 1 fully saturated rings. The molecule has 110 valence electrons. The van der Waals surface area contributed by atoms with E-state index in [1.807, 2.05) is 0 Å². The summed E-state index contributed by atoms with van der Waals surface area (Å²) in [6.07, 6.45) is 2.05. The van der Waals surface area contributed by atoms with Crippen molar-refractivity contribution in [1.29, 1.82) is 0 Å². The number of nitrogens with zero attached hydrogens (tertiary/aromatic N) is 4. The number of aromatic amines is 1. The number of nitro benzene ring substituents is 1. The number of nitrogens with one attached hydrogen (secondary N) is 1. The molecule has 2 aromatic rings. The van der Waals surface area contributed by atoms with Crippen molar-refractivity contribution in [1.82, 2.24) is 15.2 Å². The standard InChI is InChI=1S/C13H16N6O2/c14-10-2-1-7-18(8-10)13-15-12(16-17-13)9-3-5-11(6-4-9)19(20)21/h3-6,10H,1-2,7-8,14H2,(H,15,16,17). The lowest BCUT2D eigenvalue weighted by molar-refractivity contribution is -0.384. The smallest absolute Gasteiger partial charge is 0.269 e. The molecule has 0 saturated carbocycles. The lowest BCUT2D eigenvalue weighted by Gasteiger charge is -2.29. The van der Waals surface area contributed by atoms with E-state index >= 15 is 0 Å². The van der Waals surface area contributed by atoms with E-state index in [9.17, 15) is 10.1 Å². The first-order valence-corrected chi connectivity index (χ1v) is 6.81. The molecule has 2 heterocycles. The van der Waals surface area contributed by atoms with E-state index in [2.05, 4.69) is 20.1 Å². The Labute approximate surface area is 121 Å². The molecular formula is C13H16N6O2. The second-order valence-corrected chi connectivity index (χ2v) is 5.14. The molecule has 1 aromatic heterocycles. The summed E-state index contributed by atoms with van der Waals surface area (Å²) in [5.74, 6) is 1.22. The minimum Gasteiger partial charge on any atom is -0.338 e. The molecule has 8 nitrogen and oxygen atoms in total. The number of hydrogen-bond acceptors (Lipinski definition) is 6. The van der Waals surface area contributed by atoms with Crippen molar-refractivity contribution in [3.8, 4) is 11.4 Å². The van der Waals surface area contributed by atoms with Gasteiger partial charge in [-0.25, -0.2) is 0 Å². The Morgan fingerprint density at radius 3 is 2.81 bits per heavy atom. The molecule has 1 atom stereocenters. The quantitative estimate of drug-likeness (QED) is 0.650. The molecule has 8 heteroatoms. The number of piperidine rings is 1. The molecule has 0 spiro atoms. The fourth-order valence-corrected chi connectivity index (χ4v) is 2.46. The molecule has 3 rings (SSSR count). The van der Waals surface area contributed by atoms with Gasteiger partial charge in [0.15, 0.2) is 5.82 Å². The number of hydrogen-bond donors (Lipinski definition) is 2. The molecule has 0 radical (unpaired) electrons. The Balaban J connectivity index is 1.79. The first-order valence-electron chi connectivity index (χ1n) is 6.81. The number of non-ortho nitro benzene ring substituents is 1. The summed E-state index contributed by atoms with van der Waals surface area (Å²) in [5, 5.41) is 17.7. The SMILES string of the molecule is NC1CCCN(c2n[nH]c(-c3ccc([N+](=O)[O-])cc3)n2)C1. The second-order valence-electron chi connectivity index (χ2n) is 5.14. The molecule has 21 heavy (non-hydrogen) atoms. The average molecular weight is 288 g/mol. The van der Waals surface area contributed by atoms with Gasteiger partial charge in [-0.05, 0) is 25.0 Å². The number of nitro groups is 1. The predicted molar refractivity (Wildman–Crippen MR) is 77.9 cm³/mol. The van der Waals surface area contributed by atoms with E-state index in [0.717, 1.165) is 31.5 Å². The Morgan fingerprint density at radius 2 is 2.14 bits per heavy atom. The number of benzene rings is 1. The van der Waals surface area contributed by atoms with Crippen LogP contribution in [0.3, 0.4) is 0 Å².